The van der Waals surface area contributed by atoms with Gasteiger partial charge in [-0.2, -0.15) is 0 Å². The lowest BCUT2D eigenvalue weighted by atomic mass is 9.80. The Morgan fingerprint density at radius 1 is 1.09 bits per heavy atom. The smallest absolute Gasteiger partial charge is 0.0540 e. The average Bonchev–Trinajstić information content (AvgIpc) is 2.55. The second-order valence-corrected chi connectivity index (χ2v) is 5.67. The minimum atomic E-state index is 0.0648. The van der Waals surface area contributed by atoms with Crippen LogP contribution in [0.15, 0.2) is 12.8 Å². The van der Waals surface area contributed by atoms with Crippen molar-refractivity contribution in [3.63, 3.8) is 0 Å². The van der Waals surface area contributed by atoms with E-state index in [0.717, 1.165) is 25.8 Å². The van der Waals surface area contributed by atoms with E-state index in [9.17, 15) is 0 Å². The number of aliphatic hydroxyl groups is 2. The van der Waals surface area contributed by atoms with Crippen LogP contribution in [0.3, 0.4) is 0 Å². The van der Waals surface area contributed by atoms with E-state index >= 15 is 0 Å². The molecule has 1 aliphatic carbocycles. The van der Waals surface area contributed by atoms with Gasteiger partial charge in [-0.1, -0.05) is 41.2 Å². The number of nitrogens with zero attached hydrogens (tertiary/aromatic N) is 1. The zero-order chi connectivity index (χ0) is 17.5. The van der Waals surface area contributed by atoms with Crippen molar-refractivity contribution in [3.8, 4) is 0 Å². The summed E-state index contributed by atoms with van der Waals surface area (Å²) in [7, 11) is 0. The van der Waals surface area contributed by atoms with Crippen molar-refractivity contribution in [2.45, 2.75) is 85.8 Å². The second-order valence-electron chi connectivity index (χ2n) is 5.67. The highest BCUT2D eigenvalue weighted by molar-refractivity contribution is 4.88. The van der Waals surface area contributed by atoms with Gasteiger partial charge in [-0.05, 0) is 57.1 Å². The van der Waals surface area contributed by atoms with Crippen LogP contribution in [-0.4, -0.2) is 40.4 Å². The van der Waals surface area contributed by atoms with Gasteiger partial charge < -0.3 is 15.1 Å². The number of aliphatic hydroxyl groups excluding tert-OH is 2. The molecule has 1 heterocycles. The van der Waals surface area contributed by atoms with Gasteiger partial charge >= 0.3 is 0 Å². The Bertz CT molecular complexity index is 242. The molecule has 2 rings (SSSR count). The van der Waals surface area contributed by atoms with E-state index in [1.807, 2.05) is 33.9 Å². The molecule has 0 bridgehead atoms. The molecule has 2 fully saturated rings. The van der Waals surface area contributed by atoms with Gasteiger partial charge in [0.1, 0.15) is 0 Å². The summed E-state index contributed by atoms with van der Waals surface area (Å²) in [4.78, 5) is 2.30. The molecule has 3 heteroatoms. The van der Waals surface area contributed by atoms with E-state index in [1.165, 1.54) is 12.8 Å². The van der Waals surface area contributed by atoms with E-state index < -0.39 is 0 Å². The SMILES string of the molecule is C=CN1CCC(CCO)C(C)C1C.CC.CC.OC1CCC1. The highest BCUT2D eigenvalue weighted by atomic mass is 16.3. The molecule has 3 atom stereocenters. The zero-order valence-electron chi connectivity index (χ0n) is 15.9. The lowest BCUT2D eigenvalue weighted by Gasteiger charge is -2.42. The molecular weight excluding hydrogens is 274 g/mol. The summed E-state index contributed by atoms with van der Waals surface area (Å²) in [6.07, 6.45) is 7.47. The van der Waals surface area contributed by atoms with Crippen molar-refractivity contribution < 1.29 is 10.2 Å². The Kier molecular flexibility index (Phi) is 16.6. The van der Waals surface area contributed by atoms with Gasteiger partial charge in [0, 0.05) is 19.2 Å². The number of rotatable bonds is 3. The normalized spacial score (nSPS) is 26.9. The predicted octanol–water partition coefficient (Wildman–Crippen LogP) is 4.44. The van der Waals surface area contributed by atoms with Crippen molar-refractivity contribution in [1.29, 1.82) is 0 Å². The summed E-state index contributed by atoms with van der Waals surface area (Å²) in [5.74, 6) is 1.36. The summed E-state index contributed by atoms with van der Waals surface area (Å²) in [6.45, 7) is 17.8. The van der Waals surface area contributed by atoms with E-state index in [2.05, 4.69) is 25.3 Å². The van der Waals surface area contributed by atoms with Gasteiger partial charge in [0.25, 0.3) is 0 Å². The third kappa shape index (κ3) is 8.79. The molecule has 1 saturated carbocycles. The lowest BCUT2D eigenvalue weighted by molar-refractivity contribution is 0.0902. The minimum absolute atomic E-state index is 0.0648. The van der Waals surface area contributed by atoms with Crippen molar-refractivity contribution >= 4 is 0 Å². The number of hydrogen-bond donors (Lipinski definition) is 2. The van der Waals surface area contributed by atoms with Crippen molar-refractivity contribution in [3.05, 3.63) is 12.8 Å². The molecule has 3 nitrogen and oxygen atoms in total. The van der Waals surface area contributed by atoms with Crippen LogP contribution in [0.25, 0.3) is 0 Å². The summed E-state index contributed by atoms with van der Waals surface area (Å²) < 4.78 is 0. The largest absolute Gasteiger partial charge is 0.396 e. The molecule has 0 amide bonds. The Balaban J connectivity index is 0. The molecule has 134 valence electrons. The Labute approximate surface area is 139 Å². The third-order valence-electron chi connectivity index (χ3n) is 4.59. The topological polar surface area (TPSA) is 43.7 Å². The number of piperidine rings is 1. The van der Waals surface area contributed by atoms with E-state index in [1.54, 1.807) is 0 Å². The second kappa shape index (κ2) is 15.4. The van der Waals surface area contributed by atoms with Gasteiger partial charge in [0.15, 0.2) is 0 Å². The maximum atomic E-state index is 8.91. The highest BCUT2D eigenvalue weighted by Gasteiger charge is 2.29. The molecule has 0 aromatic carbocycles. The molecule has 3 unspecified atom stereocenters. The van der Waals surface area contributed by atoms with E-state index in [4.69, 9.17) is 10.2 Å². The first-order chi connectivity index (χ1) is 10.6. The fraction of sp³-hybridized carbons (Fsp3) is 0.895. The van der Waals surface area contributed by atoms with Crippen molar-refractivity contribution in [2.24, 2.45) is 11.8 Å². The van der Waals surface area contributed by atoms with Gasteiger partial charge in [-0.3, -0.25) is 0 Å². The Morgan fingerprint density at radius 2 is 1.59 bits per heavy atom. The van der Waals surface area contributed by atoms with Gasteiger partial charge in [0.05, 0.1) is 6.10 Å². The van der Waals surface area contributed by atoms with Gasteiger partial charge in [0.2, 0.25) is 0 Å². The van der Waals surface area contributed by atoms with Gasteiger partial charge in [-0.15, -0.1) is 0 Å². The van der Waals surface area contributed by atoms with Crippen LogP contribution in [0.2, 0.25) is 0 Å². The maximum Gasteiger partial charge on any atom is 0.0540 e. The van der Waals surface area contributed by atoms with Crippen LogP contribution in [0.5, 0.6) is 0 Å². The molecule has 0 aromatic heterocycles. The molecular formula is C19H41NO2. The Hall–Kier alpha value is -0.540. The lowest BCUT2D eigenvalue weighted by Crippen LogP contribution is -2.43. The van der Waals surface area contributed by atoms with E-state index in [0.29, 0.717) is 24.5 Å². The summed E-state index contributed by atoms with van der Waals surface area (Å²) in [6, 6.07) is 0.572. The summed E-state index contributed by atoms with van der Waals surface area (Å²) >= 11 is 0. The fourth-order valence-corrected chi connectivity index (χ4v) is 2.69. The Morgan fingerprint density at radius 3 is 1.91 bits per heavy atom. The molecule has 1 aliphatic heterocycles. The monoisotopic (exact) mass is 315 g/mol. The van der Waals surface area contributed by atoms with Crippen LogP contribution in [-0.2, 0) is 0 Å². The van der Waals surface area contributed by atoms with Crippen molar-refractivity contribution in [2.75, 3.05) is 13.2 Å². The highest BCUT2D eigenvalue weighted by Crippen LogP contribution is 2.30. The molecule has 0 radical (unpaired) electrons. The molecule has 1 saturated heterocycles. The van der Waals surface area contributed by atoms with Crippen LogP contribution >= 0.6 is 0 Å². The summed E-state index contributed by atoms with van der Waals surface area (Å²) in [5.41, 5.74) is 0. The quantitative estimate of drug-likeness (QED) is 0.809. The van der Waals surface area contributed by atoms with Crippen LogP contribution in [0.1, 0.15) is 73.6 Å². The first-order valence-electron chi connectivity index (χ1n) is 9.27. The number of hydrogen-bond acceptors (Lipinski definition) is 3. The van der Waals surface area contributed by atoms with Crippen LogP contribution in [0, 0.1) is 11.8 Å². The molecule has 22 heavy (non-hydrogen) atoms. The average molecular weight is 316 g/mol. The zero-order valence-corrected chi connectivity index (χ0v) is 15.9. The van der Waals surface area contributed by atoms with Crippen LogP contribution in [0.4, 0.5) is 0 Å². The standard InChI is InChI=1S/C11H21NO.C4H8O.2C2H6/c1-4-12-7-5-11(6-8-13)9(2)10(12)3;5-4-2-1-3-4;2*1-2/h4,9-11,13H,1,5-8H2,2-3H3;4-5H,1-3H2;2*1-2H3. The van der Waals surface area contributed by atoms with Crippen molar-refractivity contribution in [1.82, 2.24) is 4.90 Å². The number of likely N-dealkylation sites (tertiary alicyclic amines) is 1. The fourth-order valence-electron chi connectivity index (χ4n) is 2.69. The third-order valence-corrected chi connectivity index (χ3v) is 4.59. The first-order valence-corrected chi connectivity index (χ1v) is 9.27. The summed E-state index contributed by atoms with van der Waals surface area (Å²) in [5, 5.41) is 17.4. The first kappa shape index (κ1) is 23.7. The van der Waals surface area contributed by atoms with E-state index in [-0.39, 0.29) is 6.10 Å². The molecule has 0 aromatic rings. The van der Waals surface area contributed by atoms with Gasteiger partial charge in [-0.25, -0.2) is 0 Å². The minimum Gasteiger partial charge on any atom is -0.396 e. The molecule has 2 aliphatic rings. The van der Waals surface area contributed by atoms with Crippen LogP contribution < -0.4 is 0 Å². The maximum absolute atomic E-state index is 8.91. The predicted molar refractivity (Wildman–Crippen MR) is 97.9 cm³/mol. The molecule has 2 N–H and O–H groups in total. The molecule has 0 spiro atoms.